The van der Waals surface area contributed by atoms with Crippen LogP contribution in [0.5, 0.6) is 0 Å². The first-order chi connectivity index (χ1) is 14.6. The van der Waals surface area contributed by atoms with E-state index in [2.05, 4.69) is 16.4 Å². The van der Waals surface area contributed by atoms with Crippen molar-refractivity contribution in [3.05, 3.63) is 101 Å². The van der Waals surface area contributed by atoms with E-state index >= 15 is 0 Å². The number of nitrogens with one attached hydrogen (secondary N) is 2. The Morgan fingerprint density at radius 2 is 1.90 bits per heavy atom. The molecule has 1 aliphatic heterocycles. The van der Waals surface area contributed by atoms with Gasteiger partial charge in [-0.15, -0.1) is 0 Å². The van der Waals surface area contributed by atoms with Crippen LogP contribution >= 0.6 is 0 Å². The lowest BCUT2D eigenvalue weighted by molar-refractivity contribution is 0.193. The number of halogens is 1. The van der Waals surface area contributed by atoms with Crippen molar-refractivity contribution in [2.24, 2.45) is 0 Å². The van der Waals surface area contributed by atoms with Crippen molar-refractivity contribution in [2.45, 2.75) is 19.4 Å². The number of aryl methyl sites for hydroxylation is 1. The molecular formula is C25H22FN3O. The van der Waals surface area contributed by atoms with Gasteiger partial charge in [-0.05, 0) is 60.4 Å². The molecule has 1 unspecified atom stereocenters. The standard InChI is InChI=1S/C25H22FN3O/c1-16-6-4-9-19(14-16)27-25(30)29-13-12-21-20-10-2-3-11-22(20)28-23(21)24(29)17-7-5-8-18(26)15-17/h2-11,14-15,24,28H,12-13H2,1H3,(H,27,30). The van der Waals surface area contributed by atoms with Crippen molar-refractivity contribution in [3.8, 4) is 0 Å². The molecule has 0 saturated heterocycles. The van der Waals surface area contributed by atoms with Crippen LogP contribution in [0.4, 0.5) is 14.9 Å². The molecule has 0 bridgehead atoms. The lowest BCUT2D eigenvalue weighted by Crippen LogP contribution is -2.43. The van der Waals surface area contributed by atoms with Crippen molar-refractivity contribution >= 4 is 22.6 Å². The van der Waals surface area contributed by atoms with Crippen molar-refractivity contribution < 1.29 is 9.18 Å². The molecule has 5 rings (SSSR count). The Kier molecular flexibility index (Phi) is 4.51. The fourth-order valence-electron chi connectivity index (χ4n) is 4.40. The molecule has 0 saturated carbocycles. The van der Waals surface area contributed by atoms with E-state index < -0.39 is 0 Å². The van der Waals surface area contributed by atoms with E-state index in [9.17, 15) is 9.18 Å². The monoisotopic (exact) mass is 399 g/mol. The molecule has 0 aliphatic carbocycles. The molecule has 1 aliphatic rings. The quantitative estimate of drug-likeness (QED) is 0.440. The third-order valence-electron chi connectivity index (χ3n) is 5.73. The summed E-state index contributed by atoms with van der Waals surface area (Å²) in [6.07, 6.45) is 0.742. The first kappa shape index (κ1) is 18.4. The van der Waals surface area contributed by atoms with Gasteiger partial charge in [-0.1, -0.05) is 42.5 Å². The number of urea groups is 1. The number of aromatic amines is 1. The molecule has 0 radical (unpaired) electrons. The lowest BCUT2D eigenvalue weighted by atomic mass is 9.92. The average molecular weight is 399 g/mol. The number of anilines is 1. The molecule has 1 aromatic heterocycles. The van der Waals surface area contributed by atoms with Crippen molar-refractivity contribution in [2.75, 3.05) is 11.9 Å². The van der Waals surface area contributed by atoms with Crippen LogP contribution in [-0.2, 0) is 6.42 Å². The molecule has 5 heteroatoms. The fraction of sp³-hybridized carbons (Fsp3) is 0.160. The smallest absolute Gasteiger partial charge is 0.322 e. The highest BCUT2D eigenvalue weighted by Crippen LogP contribution is 2.38. The number of fused-ring (bicyclic) bond motifs is 3. The van der Waals surface area contributed by atoms with Crippen molar-refractivity contribution in [1.82, 2.24) is 9.88 Å². The number of para-hydroxylation sites is 1. The number of hydrogen-bond acceptors (Lipinski definition) is 1. The average Bonchev–Trinajstić information content (AvgIpc) is 3.11. The second-order valence-corrected chi connectivity index (χ2v) is 7.76. The van der Waals surface area contributed by atoms with Gasteiger partial charge in [0, 0.05) is 28.8 Å². The molecule has 2 N–H and O–H groups in total. The van der Waals surface area contributed by atoms with Gasteiger partial charge in [0.25, 0.3) is 0 Å². The highest BCUT2D eigenvalue weighted by Gasteiger charge is 2.34. The summed E-state index contributed by atoms with van der Waals surface area (Å²) in [4.78, 5) is 18.6. The number of benzene rings is 3. The number of carbonyl (C=O) groups is 1. The highest BCUT2D eigenvalue weighted by atomic mass is 19.1. The van der Waals surface area contributed by atoms with Gasteiger partial charge in [0.05, 0.1) is 6.04 Å². The molecule has 30 heavy (non-hydrogen) atoms. The van der Waals surface area contributed by atoms with Crippen LogP contribution in [0.3, 0.4) is 0 Å². The zero-order valence-electron chi connectivity index (χ0n) is 16.7. The molecule has 1 atom stereocenters. The number of rotatable bonds is 2. The first-order valence-electron chi connectivity index (χ1n) is 10.1. The maximum absolute atomic E-state index is 14.1. The van der Waals surface area contributed by atoms with Gasteiger partial charge in [-0.2, -0.15) is 0 Å². The van der Waals surface area contributed by atoms with Crippen LogP contribution < -0.4 is 5.32 Å². The summed E-state index contributed by atoms with van der Waals surface area (Å²) in [6.45, 7) is 2.54. The van der Waals surface area contributed by atoms with E-state index in [1.54, 1.807) is 11.0 Å². The molecule has 0 spiro atoms. The van der Waals surface area contributed by atoms with Crippen LogP contribution in [0, 0.1) is 12.7 Å². The molecule has 3 aromatic carbocycles. The minimum absolute atomic E-state index is 0.195. The summed E-state index contributed by atoms with van der Waals surface area (Å²) in [5.41, 5.74) is 5.75. The second kappa shape index (κ2) is 7.34. The Morgan fingerprint density at radius 1 is 1.07 bits per heavy atom. The van der Waals surface area contributed by atoms with E-state index in [4.69, 9.17) is 0 Å². The zero-order chi connectivity index (χ0) is 20.7. The summed E-state index contributed by atoms with van der Waals surface area (Å²) in [6, 6.07) is 21.8. The van der Waals surface area contributed by atoms with Crippen LogP contribution in [0.2, 0.25) is 0 Å². The normalized spacial score (nSPS) is 15.8. The minimum Gasteiger partial charge on any atom is -0.356 e. The molecule has 2 heterocycles. The van der Waals surface area contributed by atoms with Gasteiger partial charge < -0.3 is 15.2 Å². The Labute approximate surface area is 174 Å². The third kappa shape index (κ3) is 3.22. The van der Waals surface area contributed by atoms with Gasteiger partial charge in [0.2, 0.25) is 0 Å². The summed E-state index contributed by atoms with van der Waals surface area (Å²) in [7, 11) is 0. The third-order valence-corrected chi connectivity index (χ3v) is 5.73. The predicted octanol–water partition coefficient (Wildman–Crippen LogP) is 5.80. The van der Waals surface area contributed by atoms with Crippen LogP contribution in [0.1, 0.15) is 28.4 Å². The zero-order valence-corrected chi connectivity index (χ0v) is 16.7. The van der Waals surface area contributed by atoms with E-state index in [0.717, 1.165) is 39.8 Å². The number of amides is 2. The Bertz CT molecular complexity index is 1250. The van der Waals surface area contributed by atoms with E-state index in [0.29, 0.717) is 6.54 Å². The van der Waals surface area contributed by atoms with Crippen molar-refractivity contribution in [1.29, 1.82) is 0 Å². The largest absolute Gasteiger partial charge is 0.356 e. The van der Waals surface area contributed by atoms with Crippen LogP contribution in [0.25, 0.3) is 10.9 Å². The topological polar surface area (TPSA) is 48.1 Å². The Balaban J connectivity index is 1.59. The van der Waals surface area contributed by atoms with Crippen LogP contribution in [0.15, 0.2) is 72.8 Å². The maximum Gasteiger partial charge on any atom is 0.322 e. The molecule has 0 fully saturated rings. The summed E-state index contributed by atoms with van der Waals surface area (Å²) >= 11 is 0. The van der Waals surface area contributed by atoms with Gasteiger partial charge in [0.15, 0.2) is 0 Å². The van der Waals surface area contributed by atoms with E-state index in [-0.39, 0.29) is 17.9 Å². The number of aromatic nitrogens is 1. The van der Waals surface area contributed by atoms with Gasteiger partial charge >= 0.3 is 6.03 Å². The SMILES string of the molecule is Cc1cccc(NC(=O)N2CCc3c([nH]c4ccccc34)C2c2cccc(F)c2)c1. The maximum atomic E-state index is 14.1. The van der Waals surface area contributed by atoms with Gasteiger partial charge in [-0.25, -0.2) is 9.18 Å². The minimum atomic E-state index is -0.387. The summed E-state index contributed by atoms with van der Waals surface area (Å²) < 4.78 is 14.1. The van der Waals surface area contributed by atoms with E-state index in [1.165, 1.54) is 17.7 Å². The number of H-pyrrole nitrogens is 1. The van der Waals surface area contributed by atoms with Crippen molar-refractivity contribution in [3.63, 3.8) is 0 Å². The summed E-state index contributed by atoms with van der Waals surface area (Å²) in [5, 5.41) is 4.17. The molecular weight excluding hydrogens is 377 g/mol. The van der Waals surface area contributed by atoms with Crippen LogP contribution in [-0.4, -0.2) is 22.5 Å². The molecule has 150 valence electrons. The van der Waals surface area contributed by atoms with E-state index in [1.807, 2.05) is 55.5 Å². The molecule has 4 nitrogen and oxygen atoms in total. The molecule has 4 aromatic rings. The number of nitrogens with zero attached hydrogens (tertiary/aromatic N) is 1. The molecule has 2 amide bonds. The second-order valence-electron chi connectivity index (χ2n) is 7.76. The number of carbonyl (C=O) groups excluding carboxylic acids is 1. The predicted molar refractivity (Wildman–Crippen MR) is 117 cm³/mol. The van der Waals surface area contributed by atoms with Gasteiger partial charge in [0.1, 0.15) is 5.82 Å². The lowest BCUT2D eigenvalue weighted by Gasteiger charge is -2.36. The Hall–Kier alpha value is -3.60. The Morgan fingerprint density at radius 3 is 2.73 bits per heavy atom. The first-order valence-corrected chi connectivity index (χ1v) is 10.1. The number of hydrogen-bond donors (Lipinski definition) is 2. The highest BCUT2D eigenvalue weighted by molar-refractivity contribution is 5.91. The van der Waals surface area contributed by atoms with Gasteiger partial charge in [-0.3, -0.25) is 0 Å². The summed E-state index contributed by atoms with van der Waals surface area (Å²) in [5.74, 6) is -0.310. The fourth-order valence-corrected chi connectivity index (χ4v) is 4.40.